The van der Waals surface area contributed by atoms with Gasteiger partial charge < -0.3 is 4.90 Å². The third-order valence-corrected chi connectivity index (χ3v) is 6.96. The molecule has 0 spiro atoms. The maximum atomic E-state index is 13.0. The van der Waals surface area contributed by atoms with E-state index in [-0.39, 0.29) is 5.91 Å². The van der Waals surface area contributed by atoms with Crippen LogP contribution in [-0.4, -0.2) is 38.8 Å². The molecule has 1 aliphatic rings. The Hall–Kier alpha value is -2.86. The molecule has 4 aromatic rings. The molecule has 0 aliphatic carbocycles. The average molecular weight is 403 g/mol. The fourth-order valence-electron chi connectivity index (χ4n) is 3.94. The number of hydrogen-bond acceptors (Lipinski definition) is 5. The van der Waals surface area contributed by atoms with Crippen molar-refractivity contribution in [3.63, 3.8) is 0 Å². The molecule has 1 aliphatic heterocycles. The highest BCUT2D eigenvalue weighted by molar-refractivity contribution is 7.18. The van der Waals surface area contributed by atoms with Gasteiger partial charge in [0.2, 0.25) is 0 Å². The molecule has 0 saturated carbocycles. The van der Waals surface area contributed by atoms with Gasteiger partial charge in [0, 0.05) is 24.6 Å². The van der Waals surface area contributed by atoms with E-state index in [9.17, 15) is 4.79 Å². The number of amides is 1. The first-order chi connectivity index (χ1) is 14.1. The normalized spacial score (nSPS) is 15.3. The lowest BCUT2D eigenvalue weighted by atomic mass is 9.97. The summed E-state index contributed by atoms with van der Waals surface area (Å²) < 4.78 is 1.24. The van der Waals surface area contributed by atoms with Crippen molar-refractivity contribution in [1.29, 1.82) is 0 Å². The van der Waals surface area contributed by atoms with Crippen LogP contribution < -0.4 is 0 Å². The number of likely N-dealkylation sites (tertiary alicyclic amines) is 1. The largest absolute Gasteiger partial charge is 0.339 e. The van der Waals surface area contributed by atoms with Crippen molar-refractivity contribution in [2.45, 2.75) is 32.6 Å². The maximum Gasteiger partial charge on any atom is 0.253 e. The quantitative estimate of drug-likeness (QED) is 0.480. The molecule has 5 nitrogen and oxygen atoms in total. The number of benzene rings is 2. The summed E-state index contributed by atoms with van der Waals surface area (Å²) >= 11 is 1.78. The zero-order valence-electron chi connectivity index (χ0n) is 16.6. The van der Waals surface area contributed by atoms with E-state index in [4.69, 9.17) is 4.98 Å². The number of aromatic nitrogens is 3. The van der Waals surface area contributed by atoms with Gasteiger partial charge in [-0.15, -0.1) is 11.3 Å². The van der Waals surface area contributed by atoms with E-state index in [1.807, 2.05) is 43.0 Å². The molecule has 6 heteroatoms. The van der Waals surface area contributed by atoms with Gasteiger partial charge in [-0.3, -0.25) is 4.79 Å². The predicted molar refractivity (Wildman–Crippen MR) is 117 cm³/mol. The number of carbonyl (C=O) groups excluding carboxylic acids is 1. The zero-order chi connectivity index (χ0) is 20.0. The highest BCUT2D eigenvalue weighted by Gasteiger charge is 2.26. The van der Waals surface area contributed by atoms with Crippen molar-refractivity contribution in [2.75, 3.05) is 13.1 Å². The Balaban J connectivity index is 1.32. The molecule has 146 valence electrons. The van der Waals surface area contributed by atoms with E-state index in [2.05, 4.69) is 28.2 Å². The predicted octanol–water partition coefficient (Wildman–Crippen LogP) is 4.88. The van der Waals surface area contributed by atoms with E-state index in [1.165, 1.54) is 9.71 Å². The van der Waals surface area contributed by atoms with Gasteiger partial charge in [-0.05, 0) is 57.0 Å². The van der Waals surface area contributed by atoms with Crippen molar-refractivity contribution in [3.05, 3.63) is 64.4 Å². The number of rotatable bonds is 2. The fourth-order valence-corrected chi connectivity index (χ4v) is 5.08. The van der Waals surface area contributed by atoms with E-state index in [1.54, 1.807) is 11.3 Å². The maximum absolute atomic E-state index is 13.0. The first-order valence-electron chi connectivity index (χ1n) is 9.98. The lowest BCUT2D eigenvalue weighted by Crippen LogP contribution is -2.37. The minimum atomic E-state index is 0.0784. The van der Waals surface area contributed by atoms with Gasteiger partial charge in [-0.2, -0.15) is 0 Å². The number of aryl methyl sites for hydroxylation is 2. The highest BCUT2D eigenvalue weighted by atomic mass is 32.1. The molecule has 1 saturated heterocycles. The summed E-state index contributed by atoms with van der Waals surface area (Å²) in [4.78, 5) is 29.0. The van der Waals surface area contributed by atoms with Gasteiger partial charge in [0.25, 0.3) is 5.91 Å². The topological polar surface area (TPSA) is 59.0 Å². The first-order valence-corrected chi connectivity index (χ1v) is 10.8. The van der Waals surface area contributed by atoms with Crippen molar-refractivity contribution >= 4 is 38.5 Å². The summed E-state index contributed by atoms with van der Waals surface area (Å²) in [7, 11) is 0. The summed E-state index contributed by atoms with van der Waals surface area (Å²) in [6.07, 6.45) is 1.91. The Kier molecular flexibility index (Phi) is 4.51. The molecule has 3 heterocycles. The van der Waals surface area contributed by atoms with E-state index >= 15 is 0 Å². The number of hydrogen-bond donors (Lipinski definition) is 0. The molecular weight excluding hydrogens is 380 g/mol. The zero-order valence-corrected chi connectivity index (χ0v) is 17.4. The monoisotopic (exact) mass is 402 g/mol. The minimum absolute atomic E-state index is 0.0784. The summed E-state index contributed by atoms with van der Waals surface area (Å²) in [5, 5.41) is 1.20. The molecule has 0 N–H and O–H groups in total. The molecule has 5 rings (SSSR count). The van der Waals surface area contributed by atoms with Crippen LogP contribution in [-0.2, 0) is 0 Å². The molecule has 0 bridgehead atoms. The van der Waals surface area contributed by atoms with Crippen molar-refractivity contribution in [1.82, 2.24) is 19.9 Å². The smallest absolute Gasteiger partial charge is 0.253 e. The molecule has 2 aromatic heterocycles. The first kappa shape index (κ1) is 18.2. The molecule has 29 heavy (non-hydrogen) atoms. The van der Waals surface area contributed by atoms with Gasteiger partial charge in [-0.25, -0.2) is 15.0 Å². The van der Waals surface area contributed by atoms with Crippen LogP contribution >= 0.6 is 11.3 Å². The Morgan fingerprint density at radius 2 is 1.66 bits per heavy atom. The van der Waals surface area contributed by atoms with E-state index in [0.717, 1.165) is 53.9 Å². The Labute approximate surface area is 173 Å². The molecule has 0 radical (unpaired) electrons. The lowest BCUT2D eigenvalue weighted by molar-refractivity contribution is 0.0713. The van der Waals surface area contributed by atoms with Crippen LogP contribution in [0, 0.1) is 13.8 Å². The third kappa shape index (κ3) is 3.38. The van der Waals surface area contributed by atoms with Gasteiger partial charge in [0.1, 0.15) is 0 Å². The third-order valence-electron chi connectivity index (χ3n) is 5.76. The van der Waals surface area contributed by atoms with Gasteiger partial charge in [0.15, 0.2) is 0 Å². The standard InChI is InChI=1S/C23H22N4OS/c1-14-15(2)25-20-13-17(7-8-18(20)24-14)23(28)27-11-9-16(10-12-27)22-26-19-5-3-4-6-21(19)29-22/h3-8,13,16H,9-12H2,1-2H3. The fraction of sp³-hybridized carbons (Fsp3) is 0.304. The van der Waals surface area contributed by atoms with Crippen LogP contribution in [0.4, 0.5) is 0 Å². The second kappa shape index (κ2) is 7.19. The van der Waals surface area contributed by atoms with Crippen LogP contribution in [0.5, 0.6) is 0 Å². The van der Waals surface area contributed by atoms with Crippen LogP contribution in [0.2, 0.25) is 0 Å². The number of fused-ring (bicyclic) bond motifs is 2. The number of para-hydroxylation sites is 1. The van der Waals surface area contributed by atoms with Gasteiger partial charge in [-0.1, -0.05) is 12.1 Å². The summed E-state index contributed by atoms with van der Waals surface area (Å²) in [6.45, 7) is 5.42. The highest BCUT2D eigenvalue weighted by Crippen LogP contribution is 2.34. The molecule has 0 atom stereocenters. The van der Waals surface area contributed by atoms with E-state index in [0.29, 0.717) is 11.5 Å². The number of piperidine rings is 1. The summed E-state index contributed by atoms with van der Waals surface area (Å²) in [6, 6.07) is 13.9. The number of thiazole rings is 1. The SMILES string of the molecule is Cc1nc2ccc(C(=O)N3CCC(c4nc5ccccc5s4)CC3)cc2nc1C. The average Bonchev–Trinajstić information content (AvgIpc) is 3.18. The van der Waals surface area contributed by atoms with Crippen LogP contribution in [0.3, 0.4) is 0 Å². The van der Waals surface area contributed by atoms with Crippen molar-refractivity contribution in [3.8, 4) is 0 Å². The van der Waals surface area contributed by atoms with Crippen molar-refractivity contribution < 1.29 is 4.79 Å². The summed E-state index contributed by atoms with van der Waals surface area (Å²) in [5.41, 5.74) is 5.21. The van der Waals surface area contributed by atoms with E-state index < -0.39 is 0 Å². The lowest BCUT2D eigenvalue weighted by Gasteiger charge is -2.31. The summed E-state index contributed by atoms with van der Waals surface area (Å²) in [5.74, 6) is 0.513. The Morgan fingerprint density at radius 3 is 2.41 bits per heavy atom. The van der Waals surface area contributed by atoms with Crippen LogP contribution in [0.15, 0.2) is 42.5 Å². The van der Waals surface area contributed by atoms with Gasteiger partial charge in [0.05, 0.1) is 37.6 Å². The molecule has 1 amide bonds. The molecule has 0 unspecified atom stereocenters. The van der Waals surface area contributed by atoms with Crippen molar-refractivity contribution in [2.24, 2.45) is 0 Å². The number of nitrogens with zero attached hydrogens (tertiary/aromatic N) is 4. The van der Waals surface area contributed by atoms with Crippen LogP contribution in [0.1, 0.15) is 45.5 Å². The minimum Gasteiger partial charge on any atom is -0.339 e. The van der Waals surface area contributed by atoms with Gasteiger partial charge >= 0.3 is 0 Å². The Bertz CT molecular complexity index is 1190. The Morgan fingerprint density at radius 1 is 0.931 bits per heavy atom. The second-order valence-corrected chi connectivity index (χ2v) is 8.75. The molecule has 2 aromatic carbocycles. The van der Waals surface area contributed by atoms with Crippen LogP contribution in [0.25, 0.3) is 21.3 Å². The molecule has 1 fully saturated rings. The molecular formula is C23H22N4OS. The second-order valence-electron chi connectivity index (χ2n) is 7.68. The number of carbonyl (C=O) groups is 1.